The number of amides is 1. The predicted octanol–water partition coefficient (Wildman–Crippen LogP) is 2.61. The lowest BCUT2D eigenvalue weighted by Gasteiger charge is -2.57. The van der Waals surface area contributed by atoms with Crippen LogP contribution in [0.5, 0.6) is 0 Å². The molecule has 170 valence electrons. The van der Waals surface area contributed by atoms with Gasteiger partial charge in [0.25, 0.3) is 0 Å². The molecule has 4 bridgehead atoms. The van der Waals surface area contributed by atoms with E-state index in [0.29, 0.717) is 19.0 Å². The molecule has 1 aliphatic heterocycles. The van der Waals surface area contributed by atoms with Crippen molar-refractivity contribution in [2.75, 3.05) is 13.1 Å². The van der Waals surface area contributed by atoms with Gasteiger partial charge in [-0.05, 0) is 96.7 Å². The number of halogens is 1. The van der Waals surface area contributed by atoms with E-state index < -0.39 is 0 Å². The average Bonchev–Trinajstić information content (AvgIpc) is 3.45. The van der Waals surface area contributed by atoms with Crippen LogP contribution in [0.25, 0.3) is 0 Å². The number of nitrogens with zero attached hydrogens (tertiary/aromatic N) is 5. The normalized spacial score (nSPS) is 36.0. The number of hydrogen-bond acceptors (Lipinski definition) is 5. The highest BCUT2D eigenvalue weighted by atomic mass is 19.1. The predicted molar refractivity (Wildman–Crippen MR) is 116 cm³/mol. The van der Waals surface area contributed by atoms with Gasteiger partial charge in [-0.25, -0.2) is 9.07 Å². The largest absolute Gasteiger partial charge is 0.354 e. The summed E-state index contributed by atoms with van der Waals surface area (Å²) in [5.41, 5.74) is 1.03. The van der Waals surface area contributed by atoms with E-state index in [1.165, 1.54) is 44.2 Å². The molecule has 2 heterocycles. The highest BCUT2D eigenvalue weighted by Crippen LogP contribution is 2.56. The van der Waals surface area contributed by atoms with Gasteiger partial charge < -0.3 is 5.32 Å². The van der Waals surface area contributed by atoms with Crippen molar-refractivity contribution in [3.05, 3.63) is 42.0 Å². The fraction of sp³-hybridized carbons (Fsp3) is 0.667. The highest BCUT2D eigenvalue weighted by molar-refractivity contribution is 5.82. The Labute approximate surface area is 187 Å². The standard InChI is InChI=1S/C24H31FN6O/c25-20-3-1-15(2-4-20)5-6-26-24(32)22-12-21(31-14-27-28-29-31)13-30(22)23-18-8-16-7-17(10-18)11-19(23)9-16/h1-4,14,16-19,21-23H,5-13H2,(H,26,32)/t16?,17?,18?,19?,21-,22-,23?/m0/s1. The maximum Gasteiger partial charge on any atom is 0.237 e. The minimum absolute atomic E-state index is 0.108. The van der Waals surface area contributed by atoms with Crippen molar-refractivity contribution < 1.29 is 9.18 Å². The summed E-state index contributed by atoms with van der Waals surface area (Å²) in [5, 5.41) is 15.0. The lowest BCUT2D eigenvalue weighted by atomic mass is 9.54. The molecular weight excluding hydrogens is 407 g/mol. The third kappa shape index (κ3) is 3.72. The lowest BCUT2D eigenvalue weighted by molar-refractivity contribution is -0.130. The molecule has 5 aliphatic rings. The number of likely N-dealkylation sites (tertiary alicyclic amines) is 1. The summed E-state index contributed by atoms with van der Waals surface area (Å²) in [6, 6.07) is 7.02. The maximum atomic E-state index is 13.4. The Kier molecular flexibility index (Phi) is 5.20. The molecule has 7 rings (SSSR count). The monoisotopic (exact) mass is 438 g/mol. The van der Waals surface area contributed by atoms with Crippen molar-refractivity contribution in [1.82, 2.24) is 30.4 Å². The molecule has 1 aromatic heterocycles. The summed E-state index contributed by atoms with van der Waals surface area (Å²) in [4.78, 5) is 15.9. The van der Waals surface area contributed by atoms with Gasteiger partial charge in [-0.3, -0.25) is 9.69 Å². The summed E-state index contributed by atoms with van der Waals surface area (Å²) < 4.78 is 15.0. The van der Waals surface area contributed by atoms with Crippen LogP contribution in [0.2, 0.25) is 0 Å². The second-order valence-electron chi connectivity index (χ2n) is 10.5. The zero-order valence-electron chi connectivity index (χ0n) is 18.3. The SMILES string of the molecule is O=C(NCCc1ccc(F)cc1)[C@@H]1C[C@H](n2cnnn2)CN1C1C2CC3CC(C2)CC1C3. The second-order valence-corrected chi connectivity index (χ2v) is 10.5. The van der Waals surface area contributed by atoms with Gasteiger partial charge in [0.1, 0.15) is 12.1 Å². The molecule has 1 saturated heterocycles. The first kappa shape index (κ1) is 20.3. The Hall–Kier alpha value is -2.35. The van der Waals surface area contributed by atoms with Crippen molar-refractivity contribution in [3.63, 3.8) is 0 Å². The van der Waals surface area contributed by atoms with Gasteiger partial charge in [0.2, 0.25) is 5.91 Å². The Morgan fingerprint density at radius 1 is 1.03 bits per heavy atom. The number of nitrogens with one attached hydrogen (secondary N) is 1. The zero-order chi connectivity index (χ0) is 21.7. The summed E-state index contributed by atoms with van der Waals surface area (Å²) >= 11 is 0. The molecule has 4 saturated carbocycles. The minimum atomic E-state index is -0.233. The summed E-state index contributed by atoms with van der Waals surface area (Å²) in [6.07, 6.45) is 9.90. The Morgan fingerprint density at radius 3 is 2.41 bits per heavy atom. The van der Waals surface area contributed by atoms with E-state index in [1.54, 1.807) is 18.5 Å². The van der Waals surface area contributed by atoms with Crippen molar-refractivity contribution in [1.29, 1.82) is 0 Å². The van der Waals surface area contributed by atoms with E-state index in [9.17, 15) is 9.18 Å². The molecule has 1 amide bonds. The number of hydrogen-bond donors (Lipinski definition) is 1. The fourth-order valence-electron chi connectivity index (χ4n) is 7.49. The third-order valence-corrected chi connectivity index (χ3v) is 8.54. The zero-order valence-corrected chi connectivity index (χ0v) is 18.3. The van der Waals surface area contributed by atoms with Crippen LogP contribution in [0.4, 0.5) is 4.39 Å². The molecule has 2 aromatic rings. The summed E-state index contributed by atoms with van der Waals surface area (Å²) in [5.74, 6) is 3.16. The van der Waals surface area contributed by atoms with Crippen molar-refractivity contribution in [2.24, 2.45) is 23.7 Å². The van der Waals surface area contributed by atoms with E-state index in [-0.39, 0.29) is 23.8 Å². The van der Waals surface area contributed by atoms with Crippen LogP contribution in [-0.2, 0) is 11.2 Å². The van der Waals surface area contributed by atoms with Crippen LogP contribution < -0.4 is 5.32 Å². The molecule has 2 atom stereocenters. The molecule has 1 N–H and O–H groups in total. The minimum Gasteiger partial charge on any atom is -0.354 e. The maximum absolute atomic E-state index is 13.4. The van der Waals surface area contributed by atoms with Crippen LogP contribution in [0, 0.1) is 29.5 Å². The average molecular weight is 439 g/mol. The Bertz CT molecular complexity index is 920. The van der Waals surface area contributed by atoms with Gasteiger partial charge >= 0.3 is 0 Å². The Morgan fingerprint density at radius 2 is 1.75 bits per heavy atom. The van der Waals surface area contributed by atoms with Gasteiger partial charge in [-0.15, -0.1) is 5.10 Å². The number of rotatable bonds is 6. The van der Waals surface area contributed by atoms with E-state index in [2.05, 4.69) is 25.7 Å². The van der Waals surface area contributed by atoms with E-state index >= 15 is 0 Å². The lowest BCUT2D eigenvalue weighted by Crippen LogP contribution is -2.59. The van der Waals surface area contributed by atoms with Crippen LogP contribution in [-0.4, -0.2) is 56.2 Å². The molecule has 0 unspecified atom stereocenters. The topological polar surface area (TPSA) is 75.9 Å². The van der Waals surface area contributed by atoms with Gasteiger partial charge in [0.15, 0.2) is 0 Å². The van der Waals surface area contributed by atoms with Gasteiger partial charge in [-0.1, -0.05) is 12.1 Å². The van der Waals surface area contributed by atoms with Gasteiger partial charge in [0.05, 0.1) is 12.1 Å². The van der Waals surface area contributed by atoms with Crippen LogP contribution >= 0.6 is 0 Å². The van der Waals surface area contributed by atoms with Gasteiger partial charge in [0, 0.05) is 19.1 Å². The first-order chi connectivity index (χ1) is 15.6. The number of aromatic nitrogens is 4. The van der Waals surface area contributed by atoms with Crippen LogP contribution in [0.15, 0.2) is 30.6 Å². The fourth-order valence-corrected chi connectivity index (χ4v) is 7.49. The molecule has 1 aromatic carbocycles. The van der Waals surface area contributed by atoms with E-state index in [0.717, 1.165) is 42.2 Å². The molecular formula is C24H31FN6O. The molecule has 0 radical (unpaired) electrons. The van der Waals surface area contributed by atoms with Crippen LogP contribution in [0.1, 0.15) is 50.1 Å². The number of benzene rings is 1. The Balaban J connectivity index is 1.17. The molecule has 0 spiro atoms. The highest BCUT2D eigenvalue weighted by Gasteiger charge is 2.53. The van der Waals surface area contributed by atoms with Crippen molar-refractivity contribution in [2.45, 2.75) is 63.1 Å². The molecule has 8 heteroatoms. The molecule has 7 nitrogen and oxygen atoms in total. The first-order valence-electron chi connectivity index (χ1n) is 12.1. The van der Waals surface area contributed by atoms with E-state index in [4.69, 9.17) is 0 Å². The van der Waals surface area contributed by atoms with Gasteiger partial charge in [-0.2, -0.15) is 0 Å². The van der Waals surface area contributed by atoms with E-state index in [1.807, 2.05) is 4.68 Å². The molecule has 32 heavy (non-hydrogen) atoms. The van der Waals surface area contributed by atoms with Crippen molar-refractivity contribution >= 4 is 5.91 Å². The number of tetrazole rings is 1. The summed E-state index contributed by atoms with van der Waals surface area (Å²) in [7, 11) is 0. The quantitative estimate of drug-likeness (QED) is 0.750. The smallest absolute Gasteiger partial charge is 0.237 e. The molecule has 4 aliphatic carbocycles. The molecule has 5 fully saturated rings. The summed E-state index contributed by atoms with van der Waals surface area (Å²) in [6.45, 7) is 1.40. The number of carbonyl (C=O) groups excluding carboxylic acids is 1. The number of carbonyl (C=O) groups is 1. The van der Waals surface area contributed by atoms with Crippen molar-refractivity contribution in [3.8, 4) is 0 Å². The third-order valence-electron chi connectivity index (χ3n) is 8.54. The first-order valence-corrected chi connectivity index (χ1v) is 12.1. The second kappa shape index (κ2) is 8.21. The van der Waals surface area contributed by atoms with Crippen LogP contribution in [0.3, 0.4) is 0 Å².